The molecule has 0 saturated heterocycles. The van der Waals surface area contributed by atoms with Crippen LogP contribution in [0.5, 0.6) is 0 Å². The largest absolute Gasteiger partial charge is 0.481 e. The highest BCUT2D eigenvalue weighted by Gasteiger charge is 2.01. The highest BCUT2D eigenvalue weighted by Crippen LogP contribution is 2.21. The molecule has 0 aliphatic heterocycles. The first-order valence-electron chi connectivity index (χ1n) is 4.20. The van der Waals surface area contributed by atoms with E-state index < -0.39 is 5.97 Å². The van der Waals surface area contributed by atoms with Crippen molar-refractivity contribution in [2.75, 3.05) is 5.75 Å². The maximum Gasteiger partial charge on any atom is 0.304 e. The average molecular weight is 214 g/mol. The number of carbonyl (C=O) groups is 1. The topological polar surface area (TPSA) is 37.3 Å². The molecule has 14 heavy (non-hydrogen) atoms. The third kappa shape index (κ3) is 3.38. The van der Waals surface area contributed by atoms with E-state index in [1.807, 2.05) is 0 Å². The summed E-state index contributed by atoms with van der Waals surface area (Å²) in [5.74, 6) is -0.524. The van der Waals surface area contributed by atoms with E-state index in [2.05, 4.69) is 0 Å². The van der Waals surface area contributed by atoms with Crippen molar-refractivity contribution < 1.29 is 14.3 Å². The van der Waals surface area contributed by atoms with Crippen LogP contribution in [0.15, 0.2) is 23.1 Å². The molecular formula is C10H11FO2S. The van der Waals surface area contributed by atoms with Crippen LogP contribution in [0.2, 0.25) is 0 Å². The van der Waals surface area contributed by atoms with Crippen LogP contribution in [0.4, 0.5) is 4.39 Å². The van der Waals surface area contributed by atoms with E-state index in [-0.39, 0.29) is 12.2 Å². The Hall–Kier alpha value is -1.03. The number of thioether (sulfide) groups is 1. The van der Waals surface area contributed by atoms with Crippen LogP contribution in [0, 0.1) is 12.7 Å². The van der Waals surface area contributed by atoms with E-state index in [1.54, 1.807) is 19.1 Å². The molecule has 1 aromatic carbocycles. The Labute approximate surface area is 86.1 Å². The van der Waals surface area contributed by atoms with Gasteiger partial charge in [0.2, 0.25) is 0 Å². The number of aryl methyl sites for hydroxylation is 1. The van der Waals surface area contributed by atoms with Gasteiger partial charge < -0.3 is 5.11 Å². The van der Waals surface area contributed by atoms with E-state index in [9.17, 15) is 9.18 Å². The Bertz CT molecular complexity index is 339. The third-order valence-corrected chi connectivity index (χ3v) is 2.71. The van der Waals surface area contributed by atoms with Gasteiger partial charge in [0.15, 0.2) is 0 Å². The molecule has 1 N–H and O–H groups in total. The fourth-order valence-electron chi connectivity index (χ4n) is 0.963. The van der Waals surface area contributed by atoms with E-state index in [4.69, 9.17) is 5.11 Å². The molecule has 2 nitrogen and oxygen atoms in total. The molecule has 0 fully saturated rings. The Morgan fingerprint density at radius 3 is 2.86 bits per heavy atom. The third-order valence-electron chi connectivity index (χ3n) is 1.71. The fourth-order valence-corrected chi connectivity index (χ4v) is 1.90. The molecule has 0 heterocycles. The lowest BCUT2D eigenvalue weighted by Gasteiger charge is -2.01. The minimum Gasteiger partial charge on any atom is -0.481 e. The van der Waals surface area contributed by atoms with Gasteiger partial charge >= 0.3 is 5.97 Å². The molecule has 0 amide bonds. The summed E-state index contributed by atoms with van der Waals surface area (Å²) in [5.41, 5.74) is 0.588. The van der Waals surface area contributed by atoms with Crippen LogP contribution in [0.25, 0.3) is 0 Å². The summed E-state index contributed by atoms with van der Waals surface area (Å²) in [7, 11) is 0. The SMILES string of the molecule is Cc1cc(SCCC(=O)O)ccc1F. The molecule has 4 heteroatoms. The van der Waals surface area contributed by atoms with Crippen molar-refractivity contribution in [3.63, 3.8) is 0 Å². The van der Waals surface area contributed by atoms with Crippen LogP contribution >= 0.6 is 11.8 Å². The lowest BCUT2D eigenvalue weighted by molar-refractivity contribution is -0.136. The molecule has 1 rings (SSSR count). The van der Waals surface area contributed by atoms with Gasteiger partial charge in [-0.25, -0.2) is 4.39 Å². The number of carboxylic acids is 1. The number of carboxylic acid groups (broad SMARTS) is 1. The van der Waals surface area contributed by atoms with Crippen molar-refractivity contribution >= 4 is 17.7 Å². The summed E-state index contributed by atoms with van der Waals surface area (Å²) in [5, 5.41) is 8.42. The molecule has 0 bridgehead atoms. The molecule has 1 aromatic rings. The van der Waals surface area contributed by atoms with Crippen molar-refractivity contribution in [3.05, 3.63) is 29.6 Å². The summed E-state index contributed by atoms with van der Waals surface area (Å²) in [6.45, 7) is 1.69. The summed E-state index contributed by atoms with van der Waals surface area (Å²) in [6, 6.07) is 4.79. The molecule has 76 valence electrons. The second-order valence-electron chi connectivity index (χ2n) is 2.90. The number of benzene rings is 1. The summed E-state index contributed by atoms with van der Waals surface area (Å²) >= 11 is 1.42. The number of halogens is 1. The van der Waals surface area contributed by atoms with Gasteiger partial charge in [0.05, 0.1) is 6.42 Å². The van der Waals surface area contributed by atoms with Gasteiger partial charge in [0.1, 0.15) is 5.82 Å². The second-order valence-corrected chi connectivity index (χ2v) is 4.07. The highest BCUT2D eigenvalue weighted by molar-refractivity contribution is 7.99. The van der Waals surface area contributed by atoms with Gasteiger partial charge in [0.25, 0.3) is 0 Å². The standard InChI is InChI=1S/C10H11FO2S/c1-7-6-8(2-3-9(7)11)14-5-4-10(12)13/h2-3,6H,4-5H2,1H3,(H,12,13). The molecule has 0 radical (unpaired) electrons. The number of rotatable bonds is 4. The first-order chi connectivity index (χ1) is 6.59. The number of hydrogen-bond donors (Lipinski definition) is 1. The van der Waals surface area contributed by atoms with Gasteiger partial charge in [-0.15, -0.1) is 11.8 Å². The van der Waals surface area contributed by atoms with E-state index in [0.717, 1.165) is 4.90 Å². The van der Waals surface area contributed by atoms with Gasteiger partial charge in [-0.2, -0.15) is 0 Å². The second kappa shape index (κ2) is 5.00. The average Bonchev–Trinajstić information content (AvgIpc) is 2.10. The smallest absolute Gasteiger partial charge is 0.304 e. The van der Waals surface area contributed by atoms with Crippen LogP contribution in [-0.4, -0.2) is 16.8 Å². The Morgan fingerprint density at radius 1 is 1.57 bits per heavy atom. The van der Waals surface area contributed by atoms with Crippen LogP contribution in [-0.2, 0) is 4.79 Å². The molecule has 0 aliphatic rings. The summed E-state index contributed by atoms with van der Waals surface area (Å²) < 4.78 is 12.8. The van der Waals surface area contributed by atoms with E-state index in [0.29, 0.717) is 11.3 Å². The van der Waals surface area contributed by atoms with Crippen molar-refractivity contribution in [1.29, 1.82) is 0 Å². The zero-order valence-electron chi connectivity index (χ0n) is 7.79. The summed E-state index contributed by atoms with van der Waals surface area (Å²) in [6.07, 6.45) is 0.126. The Balaban J connectivity index is 2.51. The van der Waals surface area contributed by atoms with Gasteiger partial charge in [-0.3, -0.25) is 4.79 Å². The Kier molecular flexibility index (Phi) is 3.95. The van der Waals surface area contributed by atoms with Gasteiger partial charge in [-0.1, -0.05) is 0 Å². The lowest BCUT2D eigenvalue weighted by Crippen LogP contribution is -1.95. The molecule has 0 aliphatic carbocycles. The van der Waals surface area contributed by atoms with E-state index >= 15 is 0 Å². The zero-order valence-corrected chi connectivity index (χ0v) is 8.60. The lowest BCUT2D eigenvalue weighted by atomic mass is 10.2. The Morgan fingerprint density at radius 2 is 2.29 bits per heavy atom. The first-order valence-corrected chi connectivity index (χ1v) is 5.19. The van der Waals surface area contributed by atoms with Crippen LogP contribution in [0.3, 0.4) is 0 Å². The molecular weight excluding hydrogens is 203 g/mol. The molecule has 0 atom stereocenters. The normalized spacial score (nSPS) is 10.1. The van der Waals surface area contributed by atoms with Crippen molar-refractivity contribution in [1.82, 2.24) is 0 Å². The van der Waals surface area contributed by atoms with Crippen LogP contribution in [0.1, 0.15) is 12.0 Å². The van der Waals surface area contributed by atoms with Crippen LogP contribution < -0.4 is 0 Å². The fraction of sp³-hybridized carbons (Fsp3) is 0.300. The minimum atomic E-state index is -0.809. The molecule has 0 aromatic heterocycles. The van der Waals surface area contributed by atoms with Crippen molar-refractivity contribution in [3.8, 4) is 0 Å². The minimum absolute atomic E-state index is 0.126. The summed E-state index contributed by atoms with van der Waals surface area (Å²) in [4.78, 5) is 11.1. The van der Waals surface area contributed by atoms with E-state index in [1.165, 1.54) is 17.8 Å². The quantitative estimate of drug-likeness (QED) is 0.783. The zero-order chi connectivity index (χ0) is 10.6. The van der Waals surface area contributed by atoms with Gasteiger partial charge in [0, 0.05) is 10.6 Å². The monoisotopic (exact) mass is 214 g/mol. The first kappa shape index (κ1) is 11.0. The predicted molar refractivity (Wildman–Crippen MR) is 54.1 cm³/mol. The maximum atomic E-state index is 12.8. The number of hydrogen-bond acceptors (Lipinski definition) is 2. The van der Waals surface area contributed by atoms with Crippen molar-refractivity contribution in [2.24, 2.45) is 0 Å². The molecule has 0 unspecified atom stereocenters. The molecule has 0 saturated carbocycles. The molecule has 0 spiro atoms. The maximum absolute atomic E-state index is 12.8. The predicted octanol–water partition coefficient (Wildman–Crippen LogP) is 2.70. The van der Waals surface area contributed by atoms with Gasteiger partial charge in [-0.05, 0) is 30.7 Å². The highest BCUT2D eigenvalue weighted by atomic mass is 32.2. The number of aliphatic carboxylic acids is 1. The van der Waals surface area contributed by atoms with Crippen molar-refractivity contribution in [2.45, 2.75) is 18.2 Å².